The highest BCUT2D eigenvalue weighted by molar-refractivity contribution is 5.83. The SMILES string of the molecule is C[C@@]1(C(=O)O)CCCN1c1ccc(C(F)(F)F)cn1. The summed E-state index contributed by atoms with van der Waals surface area (Å²) in [6.07, 6.45) is -2.58. The standard InChI is InChI=1S/C12H13F3N2O2/c1-11(10(18)19)5-2-6-17(11)9-4-3-8(7-16-9)12(13,14)15/h3-4,7H,2,5-6H2,1H3,(H,18,19)/t11-/m0/s1. The van der Waals surface area contributed by atoms with E-state index >= 15 is 0 Å². The summed E-state index contributed by atoms with van der Waals surface area (Å²) in [5.74, 6) is -0.734. The molecular formula is C12H13F3N2O2. The first-order valence-electron chi connectivity index (χ1n) is 5.79. The molecule has 7 heteroatoms. The zero-order valence-electron chi connectivity index (χ0n) is 10.2. The van der Waals surface area contributed by atoms with Gasteiger partial charge >= 0.3 is 12.1 Å². The topological polar surface area (TPSA) is 53.4 Å². The van der Waals surface area contributed by atoms with Gasteiger partial charge in [-0.2, -0.15) is 13.2 Å². The molecule has 1 atom stereocenters. The van der Waals surface area contributed by atoms with Crippen molar-refractivity contribution in [2.75, 3.05) is 11.4 Å². The molecule has 4 nitrogen and oxygen atoms in total. The molecule has 104 valence electrons. The van der Waals surface area contributed by atoms with Crippen LogP contribution < -0.4 is 4.90 Å². The van der Waals surface area contributed by atoms with Gasteiger partial charge in [-0.05, 0) is 31.9 Å². The Morgan fingerprint density at radius 1 is 1.47 bits per heavy atom. The number of alkyl halides is 3. The monoisotopic (exact) mass is 274 g/mol. The van der Waals surface area contributed by atoms with E-state index in [2.05, 4.69) is 4.98 Å². The van der Waals surface area contributed by atoms with Gasteiger partial charge in [0.1, 0.15) is 11.4 Å². The van der Waals surface area contributed by atoms with E-state index in [9.17, 15) is 23.1 Å². The van der Waals surface area contributed by atoms with Crippen LogP contribution in [0.15, 0.2) is 18.3 Å². The van der Waals surface area contributed by atoms with Crippen molar-refractivity contribution in [2.24, 2.45) is 0 Å². The Hall–Kier alpha value is -1.79. The van der Waals surface area contributed by atoms with Crippen LogP contribution in [0.4, 0.5) is 19.0 Å². The molecule has 0 aromatic carbocycles. The molecule has 0 saturated carbocycles. The first-order chi connectivity index (χ1) is 8.75. The zero-order valence-corrected chi connectivity index (χ0v) is 10.2. The van der Waals surface area contributed by atoms with Crippen LogP contribution in [0.2, 0.25) is 0 Å². The molecule has 1 aliphatic rings. The lowest BCUT2D eigenvalue weighted by Gasteiger charge is -2.32. The first kappa shape index (κ1) is 13.6. The summed E-state index contributed by atoms with van der Waals surface area (Å²) in [6.45, 7) is 2.03. The van der Waals surface area contributed by atoms with Gasteiger partial charge in [0.05, 0.1) is 5.56 Å². The molecule has 2 rings (SSSR count). The van der Waals surface area contributed by atoms with Gasteiger partial charge in [0.2, 0.25) is 0 Å². The van der Waals surface area contributed by atoms with Crippen molar-refractivity contribution in [1.29, 1.82) is 0 Å². The van der Waals surface area contributed by atoms with E-state index in [1.807, 2.05) is 0 Å². The smallest absolute Gasteiger partial charge is 0.417 e. The highest BCUT2D eigenvalue weighted by atomic mass is 19.4. The maximum atomic E-state index is 12.4. The van der Waals surface area contributed by atoms with Crippen LogP contribution in [0.3, 0.4) is 0 Å². The number of aliphatic carboxylic acids is 1. The molecule has 1 fully saturated rings. The van der Waals surface area contributed by atoms with E-state index in [1.54, 1.807) is 6.92 Å². The van der Waals surface area contributed by atoms with Crippen LogP contribution >= 0.6 is 0 Å². The number of nitrogens with zero attached hydrogens (tertiary/aromatic N) is 2. The van der Waals surface area contributed by atoms with E-state index in [0.717, 1.165) is 12.3 Å². The second kappa shape index (κ2) is 4.40. The number of hydrogen-bond donors (Lipinski definition) is 1. The highest BCUT2D eigenvalue weighted by Crippen LogP contribution is 2.35. The summed E-state index contributed by atoms with van der Waals surface area (Å²) in [7, 11) is 0. The van der Waals surface area contributed by atoms with Crippen molar-refractivity contribution in [3.05, 3.63) is 23.9 Å². The van der Waals surface area contributed by atoms with Gasteiger partial charge in [-0.25, -0.2) is 9.78 Å². The third kappa shape index (κ3) is 2.36. The molecule has 2 heterocycles. The molecule has 0 aliphatic carbocycles. The van der Waals surface area contributed by atoms with Gasteiger partial charge in [-0.15, -0.1) is 0 Å². The second-order valence-corrected chi connectivity index (χ2v) is 4.74. The number of anilines is 1. The molecule has 0 radical (unpaired) electrons. The van der Waals surface area contributed by atoms with Crippen molar-refractivity contribution < 1.29 is 23.1 Å². The van der Waals surface area contributed by atoms with E-state index in [4.69, 9.17) is 0 Å². The van der Waals surface area contributed by atoms with Crippen molar-refractivity contribution in [3.63, 3.8) is 0 Å². The van der Waals surface area contributed by atoms with Gasteiger partial charge in [0.15, 0.2) is 0 Å². The van der Waals surface area contributed by atoms with Gasteiger partial charge in [0, 0.05) is 12.7 Å². The maximum absolute atomic E-state index is 12.4. The summed E-state index contributed by atoms with van der Waals surface area (Å²) < 4.78 is 37.3. The molecule has 1 aromatic heterocycles. The predicted octanol–water partition coefficient (Wildman–Crippen LogP) is 2.54. The lowest BCUT2D eigenvalue weighted by Crippen LogP contribution is -2.48. The minimum atomic E-state index is -4.44. The molecule has 0 amide bonds. The average Bonchev–Trinajstić information content (AvgIpc) is 2.72. The van der Waals surface area contributed by atoms with Crippen LogP contribution in [0.25, 0.3) is 0 Å². The van der Waals surface area contributed by atoms with Crippen LogP contribution in [0, 0.1) is 0 Å². The normalized spacial score (nSPS) is 23.7. The molecule has 1 aromatic rings. The number of carboxylic acid groups (broad SMARTS) is 1. The summed E-state index contributed by atoms with van der Waals surface area (Å²) in [5, 5.41) is 9.24. The molecule has 0 bridgehead atoms. The number of aromatic nitrogens is 1. The van der Waals surface area contributed by atoms with Crippen LogP contribution in [-0.4, -0.2) is 28.1 Å². The Bertz CT molecular complexity index is 487. The summed E-state index contributed by atoms with van der Waals surface area (Å²) in [4.78, 5) is 16.6. The van der Waals surface area contributed by atoms with Crippen LogP contribution in [-0.2, 0) is 11.0 Å². The second-order valence-electron chi connectivity index (χ2n) is 4.74. The maximum Gasteiger partial charge on any atom is 0.417 e. The molecule has 0 spiro atoms. The predicted molar refractivity (Wildman–Crippen MR) is 61.9 cm³/mol. The number of carbonyl (C=O) groups is 1. The van der Waals surface area contributed by atoms with Gasteiger partial charge < -0.3 is 10.0 Å². The number of halogens is 3. The van der Waals surface area contributed by atoms with Crippen LogP contribution in [0.5, 0.6) is 0 Å². The summed E-state index contributed by atoms with van der Waals surface area (Å²) in [6, 6.07) is 2.14. The Morgan fingerprint density at radius 3 is 2.63 bits per heavy atom. The molecule has 0 unspecified atom stereocenters. The minimum absolute atomic E-state index is 0.260. The molecule has 1 N–H and O–H groups in total. The lowest BCUT2D eigenvalue weighted by atomic mass is 9.99. The first-order valence-corrected chi connectivity index (χ1v) is 5.79. The van der Waals surface area contributed by atoms with Gasteiger partial charge in [-0.1, -0.05) is 0 Å². The minimum Gasteiger partial charge on any atom is -0.480 e. The van der Waals surface area contributed by atoms with Gasteiger partial charge in [0.25, 0.3) is 0 Å². The van der Waals surface area contributed by atoms with E-state index in [1.165, 1.54) is 11.0 Å². The van der Waals surface area contributed by atoms with Gasteiger partial charge in [-0.3, -0.25) is 0 Å². The quantitative estimate of drug-likeness (QED) is 0.900. The number of hydrogen-bond acceptors (Lipinski definition) is 3. The van der Waals surface area contributed by atoms with Crippen molar-refractivity contribution in [2.45, 2.75) is 31.5 Å². The fourth-order valence-corrected chi connectivity index (χ4v) is 2.27. The molecule has 1 aliphatic heterocycles. The third-order valence-corrected chi connectivity index (χ3v) is 3.45. The highest BCUT2D eigenvalue weighted by Gasteiger charge is 2.44. The Kier molecular flexibility index (Phi) is 3.15. The number of rotatable bonds is 2. The van der Waals surface area contributed by atoms with E-state index < -0.39 is 23.2 Å². The lowest BCUT2D eigenvalue weighted by molar-refractivity contribution is -0.142. The number of pyridine rings is 1. The van der Waals surface area contributed by atoms with Crippen molar-refractivity contribution >= 4 is 11.8 Å². The fourth-order valence-electron chi connectivity index (χ4n) is 2.27. The fraction of sp³-hybridized carbons (Fsp3) is 0.500. The Labute approximate surface area is 107 Å². The van der Waals surface area contributed by atoms with Crippen LogP contribution in [0.1, 0.15) is 25.3 Å². The Morgan fingerprint density at radius 2 is 2.16 bits per heavy atom. The summed E-state index contributed by atoms with van der Waals surface area (Å²) in [5.41, 5.74) is -1.94. The molecule has 19 heavy (non-hydrogen) atoms. The number of carboxylic acids is 1. The largest absolute Gasteiger partial charge is 0.480 e. The van der Waals surface area contributed by atoms with Crippen molar-refractivity contribution in [1.82, 2.24) is 4.98 Å². The van der Waals surface area contributed by atoms with E-state index in [0.29, 0.717) is 19.4 Å². The molecule has 1 saturated heterocycles. The Balaban J connectivity index is 2.30. The average molecular weight is 274 g/mol. The molecular weight excluding hydrogens is 261 g/mol. The summed E-state index contributed by atoms with van der Waals surface area (Å²) >= 11 is 0. The third-order valence-electron chi connectivity index (χ3n) is 3.45. The van der Waals surface area contributed by atoms with E-state index in [-0.39, 0.29) is 5.82 Å². The van der Waals surface area contributed by atoms with Crippen molar-refractivity contribution in [3.8, 4) is 0 Å². The zero-order chi connectivity index (χ0) is 14.3.